The second-order valence-corrected chi connectivity index (χ2v) is 9.71. The van der Waals surface area contributed by atoms with Crippen LogP contribution in [0.15, 0.2) is 26.9 Å². The molecule has 0 N–H and O–H groups in total. The maximum atomic E-state index is 14.4. The molecule has 1 aliphatic rings. The third-order valence-corrected chi connectivity index (χ3v) is 6.41. The summed E-state index contributed by atoms with van der Waals surface area (Å²) in [6, 6.07) is 2.07. The summed E-state index contributed by atoms with van der Waals surface area (Å²) in [5.74, 6) is -1.15. The van der Waals surface area contributed by atoms with Gasteiger partial charge >= 0.3 is 0 Å². The predicted octanol–water partition coefficient (Wildman–Crippen LogP) is 1.74. The van der Waals surface area contributed by atoms with Crippen LogP contribution in [0.4, 0.5) is 4.39 Å². The highest BCUT2D eigenvalue weighted by atomic mass is 32.2. The second kappa shape index (κ2) is 5.81. The zero-order chi connectivity index (χ0) is 17.5. The molecule has 0 heterocycles. The van der Waals surface area contributed by atoms with Crippen LogP contribution in [-0.4, -0.2) is 35.4 Å². The van der Waals surface area contributed by atoms with Crippen molar-refractivity contribution in [1.82, 2.24) is 0 Å². The van der Waals surface area contributed by atoms with Crippen molar-refractivity contribution in [2.45, 2.75) is 41.0 Å². The molecule has 2 rings (SSSR count). The number of benzene rings is 1. The van der Waals surface area contributed by atoms with E-state index >= 15 is 0 Å². The first-order valence-corrected chi connectivity index (χ1v) is 10.6. The van der Waals surface area contributed by atoms with E-state index in [0.29, 0.717) is 12.8 Å². The Morgan fingerprint density at radius 3 is 2.09 bits per heavy atom. The van der Waals surface area contributed by atoms with Gasteiger partial charge in [0.2, 0.25) is 6.08 Å². The van der Waals surface area contributed by atoms with Gasteiger partial charge < -0.3 is 0 Å². The molecule has 1 aromatic rings. The predicted molar refractivity (Wildman–Crippen MR) is 80.9 cm³/mol. The number of sulfone groups is 2. The Morgan fingerprint density at radius 1 is 1.09 bits per heavy atom. The van der Waals surface area contributed by atoms with Crippen LogP contribution in [0.2, 0.25) is 0 Å². The van der Waals surface area contributed by atoms with Crippen molar-refractivity contribution >= 4 is 25.8 Å². The molecule has 126 valence electrons. The molecule has 1 aromatic carbocycles. The van der Waals surface area contributed by atoms with Crippen LogP contribution in [0, 0.1) is 5.82 Å². The Morgan fingerprint density at radius 2 is 1.65 bits per heavy atom. The van der Waals surface area contributed by atoms with Gasteiger partial charge in [-0.25, -0.2) is 26.0 Å². The number of hydrogen-bond donors (Lipinski definition) is 0. The second-order valence-electron chi connectivity index (χ2n) is 5.77. The molecule has 9 heteroatoms. The largest absolute Gasteiger partial charge is 0.235 e. The van der Waals surface area contributed by atoms with Gasteiger partial charge in [-0.05, 0) is 30.5 Å². The molecule has 0 unspecified atom stereocenters. The smallest absolute Gasteiger partial charge is 0.224 e. The van der Waals surface area contributed by atoms with E-state index < -0.39 is 40.8 Å². The molecular weight excluding hydrogens is 345 g/mol. The molecule has 6 nitrogen and oxygen atoms in total. The van der Waals surface area contributed by atoms with E-state index in [0.717, 1.165) is 37.5 Å². The average Bonchev–Trinajstić information content (AvgIpc) is 2.85. The Labute approximate surface area is 134 Å². The van der Waals surface area contributed by atoms with Gasteiger partial charge in [-0.1, -0.05) is 12.8 Å². The van der Waals surface area contributed by atoms with E-state index in [1.165, 1.54) is 6.08 Å². The maximum absolute atomic E-state index is 14.4. The van der Waals surface area contributed by atoms with Crippen molar-refractivity contribution in [3.05, 3.63) is 23.5 Å². The lowest BCUT2D eigenvalue weighted by molar-refractivity contribution is 0.448. The number of halogens is 1. The quantitative estimate of drug-likeness (QED) is 0.601. The molecule has 23 heavy (non-hydrogen) atoms. The fourth-order valence-corrected chi connectivity index (χ4v) is 5.51. The lowest BCUT2D eigenvalue weighted by Gasteiger charge is -2.24. The molecule has 0 aromatic heterocycles. The van der Waals surface area contributed by atoms with Gasteiger partial charge in [-0.15, -0.1) is 0 Å². The third kappa shape index (κ3) is 3.36. The summed E-state index contributed by atoms with van der Waals surface area (Å²) < 4.78 is 61.8. The summed E-state index contributed by atoms with van der Waals surface area (Å²) in [6.07, 6.45) is 5.40. The summed E-state index contributed by atoms with van der Waals surface area (Å²) in [7, 11) is -8.07. The molecule has 1 saturated carbocycles. The first kappa shape index (κ1) is 17.8. The van der Waals surface area contributed by atoms with Crippen LogP contribution < -0.4 is 0 Å². The van der Waals surface area contributed by atoms with Crippen molar-refractivity contribution in [3.63, 3.8) is 0 Å². The van der Waals surface area contributed by atoms with Gasteiger partial charge in [0.05, 0.1) is 10.4 Å². The average molecular weight is 361 g/mol. The van der Waals surface area contributed by atoms with Crippen LogP contribution in [0.1, 0.15) is 31.2 Å². The van der Waals surface area contributed by atoms with Gasteiger partial charge in [-0.3, -0.25) is 0 Å². The van der Waals surface area contributed by atoms with E-state index in [1.807, 2.05) is 0 Å². The van der Waals surface area contributed by atoms with Crippen LogP contribution in [0.25, 0.3) is 0 Å². The molecule has 0 amide bonds. The fraction of sp³-hybridized carbons (Fsp3) is 0.500. The molecule has 0 atom stereocenters. The SMILES string of the molecule is CS(=O)(=O)c1cc(C2(N=C=O)CCCC2)cc(F)c1S(C)(=O)=O. The number of isocyanates is 1. The molecule has 0 saturated heterocycles. The summed E-state index contributed by atoms with van der Waals surface area (Å²) in [6.45, 7) is 0. The van der Waals surface area contributed by atoms with Crippen molar-refractivity contribution < 1.29 is 26.0 Å². The van der Waals surface area contributed by atoms with Crippen LogP contribution in [0.3, 0.4) is 0 Å². The van der Waals surface area contributed by atoms with E-state index in [-0.39, 0.29) is 5.56 Å². The summed E-state index contributed by atoms with van der Waals surface area (Å²) in [5.41, 5.74) is -0.860. The lowest BCUT2D eigenvalue weighted by atomic mass is 9.89. The number of aliphatic imine (C=N–C) groups is 1. The molecule has 1 aliphatic carbocycles. The summed E-state index contributed by atoms with van der Waals surface area (Å²) in [4.78, 5) is 13.0. The Kier molecular flexibility index (Phi) is 4.49. The number of hydrogen-bond acceptors (Lipinski definition) is 6. The Bertz CT molecular complexity index is 893. The minimum absolute atomic E-state index is 0.184. The van der Waals surface area contributed by atoms with Crippen molar-refractivity contribution in [2.24, 2.45) is 4.99 Å². The van der Waals surface area contributed by atoms with E-state index in [2.05, 4.69) is 4.99 Å². The van der Waals surface area contributed by atoms with Gasteiger partial charge in [-0.2, -0.15) is 4.99 Å². The Hall–Kier alpha value is -1.57. The molecule has 0 spiro atoms. The van der Waals surface area contributed by atoms with Crippen LogP contribution in [0.5, 0.6) is 0 Å². The number of rotatable bonds is 4. The highest BCUT2D eigenvalue weighted by Gasteiger charge is 2.38. The topological polar surface area (TPSA) is 97.7 Å². The molecular formula is C14H16FNO5S2. The lowest BCUT2D eigenvalue weighted by Crippen LogP contribution is -2.21. The van der Waals surface area contributed by atoms with Crippen molar-refractivity contribution in [1.29, 1.82) is 0 Å². The van der Waals surface area contributed by atoms with Gasteiger partial charge in [0.15, 0.2) is 19.7 Å². The zero-order valence-corrected chi connectivity index (χ0v) is 14.3. The zero-order valence-electron chi connectivity index (χ0n) is 12.7. The van der Waals surface area contributed by atoms with Crippen LogP contribution >= 0.6 is 0 Å². The molecule has 0 aliphatic heterocycles. The highest BCUT2D eigenvalue weighted by molar-refractivity contribution is 7.93. The van der Waals surface area contributed by atoms with Gasteiger partial charge in [0.25, 0.3) is 0 Å². The van der Waals surface area contributed by atoms with Crippen LogP contribution in [-0.2, 0) is 30.0 Å². The van der Waals surface area contributed by atoms with Crippen molar-refractivity contribution in [3.8, 4) is 0 Å². The maximum Gasteiger partial charge on any atom is 0.235 e. The van der Waals surface area contributed by atoms with E-state index in [4.69, 9.17) is 0 Å². The monoisotopic (exact) mass is 361 g/mol. The summed E-state index contributed by atoms with van der Waals surface area (Å²) >= 11 is 0. The van der Waals surface area contributed by atoms with Gasteiger partial charge in [0, 0.05) is 12.5 Å². The van der Waals surface area contributed by atoms with Gasteiger partial charge in [0.1, 0.15) is 10.7 Å². The molecule has 1 fully saturated rings. The fourth-order valence-electron chi connectivity index (χ4n) is 2.98. The molecule has 0 radical (unpaired) electrons. The molecule has 0 bridgehead atoms. The van der Waals surface area contributed by atoms with E-state index in [9.17, 15) is 26.0 Å². The highest BCUT2D eigenvalue weighted by Crippen LogP contribution is 2.43. The summed E-state index contributed by atoms with van der Waals surface area (Å²) in [5, 5.41) is 0. The normalized spacial score (nSPS) is 17.7. The minimum Gasteiger partial charge on any atom is -0.224 e. The number of carbonyl (C=O) groups excluding carboxylic acids is 1. The first-order chi connectivity index (χ1) is 10.5. The minimum atomic E-state index is -4.08. The van der Waals surface area contributed by atoms with E-state index in [1.54, 1.807) is 0 Å². The third-order valence-electron chi connectivity index (χ3n) is 4.01. The first-order valence-electron chi connectivity index (χ1n) is 6.84. The van der Waals surface area contributed by atoms with Crippen molar-refractivity contribution in [2.75, 3.05) is 12.5 Å². The number of nitrogens with zero attached hydrogens (tertiary/aromatic N) is 1. The standard InChI is InChI=1S/C14H16FNO5S2/c1-22(18,19)12-8-10(7-11(15)13(12)23(2,20)21)14(16-9-17)5-3-4-6-14/h7-8H,3-6H2,1-2H3. The Balaban J connectivity index is 2.85.